The zero-order valence-corrected chi connectivity index (χ0v) is 17.9. The Kier molecular flexibility index (Phi) is 8.59. The number of rotatable bonds is 10. The summed E-state index contributed by atoms with van der Waals surface area (Å²) in [6.45, 7) is 2.31. The van der Waals surface area contributed by atoms with Gasteiger partial charge < -0.3 is 4.74 Å². The van der Waals surface area contributed by atoms with Crippen LogP contribution in [0.5, 0.6) is 0 Å². The number of ketones is 1. The first kappa shape index (κ1) is 22.5. The number of nitrogens with zero attached hydrogens (tertiary/aromatic N) is 1. The van der Waals surface area contributed by atoms with Gasteiger partial charge in [0.05, 0.1) is 0 Å². The van der Waals surface area contributed by atoms with Crippen molar-refractivity contribution in [2.45, 2.75) is 13.1 Å². The van der Waals surface area contributed by atoms with E-state index in [2.05, 4.69) is 29.2 Å². The van der Waals surface area contributed by atoms with Crippen LogP contribution in [-0.2, 0) is 22.6 Å². The third-order valence-electron chi connectivity index (χ3n) is 4.65. The van der Waals surface area contributed by atoms with Crippen LogP contribution in [0.3, 0.4) is 0 Å². The Labute approximate surface area is 187 Å². The summed E-state index contributed by atoms with van der Waals surface area (Å²) < 4.78 is 5.31. The predicted octanol–water partition coefficient (Wildman–Crippen LogP) is 5.32. The van der Waals surface area contributed by atoms with Crippen LogP contribution in [-0.4, -0.2) is 29.8 Å². The summed E-state index contributed by atoms with van der Waals surface area (Å²) in [6, 6.07) is 26.8. The van der Waals surface area contributed by atoms with Crippen molar-refractivity contribution >= 4 is 23.4 Å². The first-order chi connectivity index (χ1) is 15.1. The van der Waals surface area contributed by atoms with Gasteiger partial charge in [-0.15, -0.1) is 0 Å². The van der Waals surface area contributed by atoms with Gasteiger partial charge >= 0.3 is 5.97 Å². The van der Waals surface area contributed by atoms with Crippen LogP contribution in [0.4, 0.5) is 0 Å². The van der Waals surface area contributed by atoms with E-state index in [1.54, 1.807) is 24.3 Å². The first-order valence-corrected chi connectivity index (χ1v) is 10.4. The van der Waals surface area contributed by atoms with Crippen LogP contribution in [0.1, 0.15) is 21.5 Å². The Morgan fingerprint density at radius 1 is 0.774 bits per heavy atom. The molecule has 0 fully saturated rings. The number of benzene rings is 3. The highest BCUT2D eigenvalue weighted by atomic mass is 35.5. The van der Waals surface area contributed by atoms with Gasteiger partial charge in [-0.05, 0) is 41.5 Å². The number of hydrogen-bond acceptors (Lipinski definition) is 4. The molecule has 0 N–H and O–H groups in total. The normalized spacial score (nSPS) is 11.0. The van der Waals surface area contributed by atoms with Gasteiger partial charge in [-0.1, -0.05) is 72.3 Å². The number of allylic oxidation sites excluding steroid dienone is 1. The quantitative estimate of drug-likeness (QED) is 0.246. The van der Waals surface area contributed by atoms with Crippen molar-refractivity contribution in [1.82, 2.24) is 4.90 Å². The summed E-state index contributed by atoms with van der Waals surface area (Å²) in [7, 11) is 0. The SMILES string of the molecule is O=C(/C=C/C(=O)c1ccc(Cl)cc1)OCCN(Cc1ccccc1)Cc1ccccc1. The molecule has 4 nitrogen and oxygen atoms in total. The van der Waals surface area contributed by atoms with Crippen LogP contribution < -0.4 is 0 Å². The highest BCUT2D eigenvalue weighted by Gasteiger charge is 2.09. The van der Waals surface area contributed by atoms with Gasteiger partial charge in [-0.2, -0.15) is 0 Å². The van der Waals surface area contributed by atoms with Crippen LogP contribution >= 0.6 is 11.6 Å². The van der Waals surface area contributed by atoms with Crippen molar-refractivity contribution in [3.05, 3.63) is 119 Å². The molecule has 0 aromatic heterocycles. The van der Waals surface area contributed by atoms with E-state index >= 15 is 0 Å². The third kappa shape index (κ3) is 7.85. The number of hydrogen-bond donors (Lipinski definition) is 0. The van der Waals surface area contributed by atoms with Gasteiger partial charge in [0.25, 0.3) is 0 Å². The smallest absolute Gasteiger partial charge is 0.330 e. The molecule has 0 radical (unpaired) electrons. The van der Waals surface area contributed by atoms with Crippen molar-refractivity contribution in [3.63, 3.8) is 0 Å². The molecule has 0 spiro atoms. The van der Waals surface area contributed by atoms with Crippen molar-refractivity contribution < 1.29 is 14.3 Å². The van der Waals surface area contributed by atoms with Crippen LogP contribution in [0.2, 0.25) is 5.02 Å². The van der Waals surface area contributed by atoms with E-state index < -0.39 is 5.97 Å². The van der Waals surface area contributed by atoms with Gasteiger partial charge in [0, 0.05) is 36.3 Å². The van der Waals surface area contributed by atoms with Crippen molar-refractivity contribution in [2.75, 3.05) is 13.2 Å². The maximum Gasteiger partial charge on any atom is 0.330 e. The van der Waals surface area contributed by atoms with Crippen LogP contribution in [0, 0.1) is 0 Å². The van der Waals surface area contributed by atoms with Crippen LogP contribution in [0.15, 0.2) is 97.1 Å². The maximum absolute atomic E-state index is 12.1. The van der Waals surface area contributed by atoms with E-state index in [1.165, 1.54) is 17.2 Å². The number of carbonyl (C=O) groups excluding carboxylic acids is 2. The van der Waals surface area contributed by atoms with Gasteiger partial charge in [0.15, 0.2) is 5.78 Å². The molecule has 0 atom stereocenters. The zero-order chi connectivity index (χ0) is 21.9. The van der Waals surface area contributed by atoms with Crippen molar-refractivity contribution in [2.24, 2.45) is 0 Å². The predicted molar refractivity (Wildman–Crippen MR) is 123 cm³/mol. The molecular weight excluding hydrogens is 410 g/mol. The average molecular weight is 434 g/mol. The van der Waals surface area contributed by atoms with Gasteiger partial charge in [0.1, 0.15) is 6.61 Å². The minimum absolute atomic E-state index is 0.234. The fourth-order valence-electron chi connectivity index (χ4n) is 3.07. The molecule has 31 heavy (non-hydrogen) atoms. The molecule has 0 amide bonds. The number of ether oxygens (including phenoxy) is 1. The maximum atomic E-state index is 12.1. The van der Waals surface area contributed by atoms with Gasteiger partial charge in [-0.25, -0.2) is 4.79 Å². The van der Waals surface area contributed by atoms with Gasteiger partial charge in [-0.3, -0.25) is 9.69 Å². The van der Waals surface area contributed by atoms with E-state index in [0.717, 1.165) is 19.2 Å². The highest BCUT2D eigenvalue weighted by molar-refractivity contribution is 6.30. The molecule has 0 aliphatic rings. The molecule has 0 unspecified atom stereocenters. The van der Waals surface area contributed by atoms with Crippen molar-refractivity contribution in [3.8, 4) is 0 Å². The monoisotopic (exact) mass is 433 g/mol. The molecular formula is C26H24ClNO3. The first-order valence-electron chi connectivity index (χ1n) is 10.0. The minimum atomic E-state index is -0.540. The molecule has 0 heterocycles. The molecule has 0 aliphatic heterocycles. The highest BCUT2D eigenvalue weighted by Crippen LogP contribution is 2.11. The van der Waals surface area contributed by atoms with Crippen LogP contribution in [0.25, 0.3) is 0 Å². The molecule has 5 heteroatoms. The Bertz CT molecular complexity index is 960. The van der Waals surface area contributed by atoms with Gasteiger partial charge in [0.2, 0.25) is 0 Å². The topological polar surface area (TPSA) is 46.6 Å². The standard InChI is InChI=1S/C26H24ClNO3/c27-24-13-11-23(12-14-24)25(29)15-16-26(30)31-18-17-28(19-21-7-3-1-4-8-21)20-22-9-5-2-6-10-22/h1-16H,17-20H2/b16-15+. The summed E-state index contributed by atoms with van der Waals surface area (Å²) in [5.74, 6) is -0.815. The number of esters is 1. The summed E-state index contributed by atoms with van der Waals surface area (Å²) in [4.78, 5) is 26.4. The Hall–Kier alpha value is -3.21. The number of carbonyl (C=O) groups is 2. The summed E-state index contributed by atoms with van der Waals surface area (Å²) in [5, 5.41) is 0.551. The fraction of sp³-hybridized carbons (Fsp3) is 0.154. The molecule has 3 aromatic carbocycles. The molecule has 0 bridgehead atoms. The second kappa shape index (κ2) is 11.8. The largest absolute Gasteiger partial charge is 0.461 e. The van der Waals surface area contributed by atoms with E-state index in [0.29, 0.717) is 17.1 Å². The second-order valence-electron chi connectivity index (χ2n) is 7.05. The lowest BCUT2D eigenvalue weighted by Gasteiger charge is -2.22. The lowest BCUT2D eigenvalue weighted by molar-refractivity contribution is -0.138. The number of halogens is 1. The van der Waals surface area contributed by atoms with Crippen molar-refractivity contribution in [1.29, 1.82) is 0 Å². The Balaban J connectivity index is 1.52. The second-order valence-corrected chi connectivity index (χ2v) is 7.49. The molecule has 158 valence electrons. The summed E-state index contributed by atoms with van der Waals surface area (Å²) in [5.41, 5.74) is 2.85. The minimum Gasteiger partial charge on any atom is -0.461 e. The molecule has 0 saturated heterocycles. The summed E-state index contributed by atoms with van der Waals surface area (Å²) in [6.07, 6.45) is 2.38. The molecule has 3 rings (SSSR count). The Morgan fingerprint density at radius 3 is 1.87 bits per heavy atom. The van der Waals surface area contributed by atoms with E-state index in [1.807, 2.05) is 36.4 Å². The van der Waals surface area contributed by atoms with E-state index in [-0.39, 0.29) is 12.4 Å². The lowest BCUT2D eigenvalue weighted by Crippen LogP contribution is -2.27. The lowest BCUT2D eigenvalue weighted by atomic mass is 10.1. The average Bonchev–Trinajstić information content (AvgIpc) is 2.79. The summed E-state index contributed by atoms with van der Waals surface area (Å²) >= 11 is 5.82. The Morgan fingerprint density at radius 2 is 1.32 bits per heavy atom. The third-order valence-corrected chi connectivity index (χ3v) is 4.90. The molecule has 0 aliphatic carbocycles. The fourth-order valence-corrected chi connectivity index (χ4v) is 3.20. The zero-order valence-electron chi connectivity index (χ0n) is 17.1. The molecule has 3 aromatic rings. The molecule has 0 saturated carbocycles. The van der Waals surface area contributed by atoms with E-state index in [9.17, 15) is 9.59 Å². The van der Waals surface area contributed by atoms with E-state index in [4.69, 9.17) is 16.3 Å².